The van der Waals surface area contributed by atoms with Gasteiger partial charge in [-0.05, 0) is 49.6 Å². The van der Waals surface area contributed by atoms with Gasteiger partial charge in [0.25, 0.3) is 10.0 Å². The number of allylic oxidation sites excluding steroid dienone is 1. The van der Waals surface area contributed by atoms with Crippen molar-refractivity contribution < 1.29 is 13.2 Å². The maximum atomic E-state index is 13.4. The predicted octanol–water partition coefficient (Wildman–Crippen LogP) is 3.83. The lowest BCUT2D eigenvalue weighted by molar-refractivity contribution is 0.417. The summed E-state index contributed by atoms with van der Waals surface area (Å²) in [7, 11) is -2.48. The van der Waals surface area contributed by atoms with Gasteiger partial charge in [0, 0.05) is 25.0 Å². The van der Waals surface area contributed by atoms with Crippen LogP contribution < -0.4 is 19.7 Å². The van der Waals surface area contributed by atoms with E-state index in [0.717, 1.165) is 32.4 Å². The van der Waals surface area contributed by atoms with Crippen LogP contribution in [0.2, 0.25) is 0 Å². The number of benzene rings is 2. The van der Waals surface area contributed by atoms with Gasteiger partial charge in [-0.25, -0.2) is 8.42 Å². The zero-order valence-electron chi connectivity index (χ0n) is 17.1. The number of hydrogen-bond donors (Lipinski definition) is 2. The average Bonchev–Trinajstić information content (AvgIpc) is 2.80. The second kappa shape index (κ2) is 9.88. The molecule has 2 aromatic carbocycles. The number of ether oxygens (including phenoxy) is 1. The third kappa shape index (κ3) is 5.27. The normalized spacial score (nSPS) is 13.5. The second-order valence-electron chi connectivity index (χ2n) is 6.96. The van der Waals surface area contributed by atoms with Crippen molar-refractivity contribution in [2.24, 2.45) is 0 Å². The van der Waals surface area contributed by atoms with Gasteiger partial charge in [-0.3, -0.25) is 4.72 Å². The third-order valence-corrected chi connectivity index (χ3v) is 6.32. The number of nitriles is 2. The SMILES string of the molecule is COc1ccccc1NS(=O)(=O)c1cc(NC=C(C#N)C#N)ccc1N1CCCCC1. The molecule has 8 nitrogen and oxygen atoms in total. The number of nitrogens with one attached hydrogen (secondary N) is 2. The van der Waals surface area contributed by atoms with Crippen molar-refractivity contribution in [3.63, 3.8) is 0 Å². The summed E-state index contributed by atoms with van der Waals surface area (Å²) < 4.78 is 34.7. The zero-order chi connectivity index (χ0) is 22.3. The summed E-state index contributed by atoms with van der Waals surface area (Å²) in [5.41, 5.74) is 1.28. The lowest BCUT2D eigenvalue weighted by Crippen LogP contribution is -2.31. The molecule has 0 unspecified atom stereocenters. The van der Waals surface area contributed by atoms with E-state index in [-0.39, 0.29) is 10.5 Å². The van der Waals surface area contributed by atoms with E-state index in [9.17, 15) is 8.42 Å². The molecule has 0 bridgehead atoms. The molecule has 1 aliphatic heterocycles. The van der Waals surface area contributed by atoms with E-state index in [1.165, 1.54) is 19.4 Å². The maximum Gasteiger partial charge on any atom is 0.264 e. The van der Waals surface area contributed by atoms with Gasteiger partial charge >= 0.3 is 0 Å². The van der Waals surface area contributed by atoms with Crippen LogP contribution in [-0.2, 0) is 10.0 Å². The number of para-hydroxylation sites is 2. The number of anilines is 3. The van der Waals surface area contributed by atoms with Crippen molar-refractivity contribution >= 4 is 27.1 Å². The van der Waals surface area contributed by atoms with Crippen LogP contribution in [0.25, 0.3) is 0 Å². The van der Waals surface area contributed by atoms with Crippen molar-refractivity contribution in [1.29, 1.82) is 10.5 Å². The quantitative estimate of drug-likeness (QED) is 0.632. The summed E-state index contributed by atoms with van der Waals surface area (Å²) in [6.45, 7) is 1.55. The zero-order valence-corrected chi connectivity index (χ0v) is 17.9. The summed E-state index contributed by atoms with van der Waals surface area (Å²) in [6.07, 6.45) is 4.36. The molecule has 9 heteroatoms. The van der Waals surface area contributed by atoms with Gasteiger partial charge in [0.05, 0.1) is 18.5 Å². The van der Waals surface area contributed by atoms with Crippen molar-refractivity contribution in [3.8, 4) is 17.9 Å². The topological polar surface area (TPSA) is 118 Å². The lowest BCUT2D eigenvalue weighted by atomic mass is 10.1. The molecule has 2 aromatic rings. The highest BCUT2D eigenvalue weighted by molar-refractivity contribution is 7.93. The molecular formula is C22H23N5O3S. The van der Waals surface area contributed by atoms with Crippen LogP contribution in [0.4, 0.5) is 17.1 Å². The highest BCUT2D eigenvalue weighted by atomic mass is 32.2. The van der Waals surface area contributed by atoms with Crippen LogP contribution in [0.15, 0.2) is 59.1 Å². The molecule has 3 rings (SSSR count). The molecule has 31 heavy (non-hydrogen) atoms. The summed E-state index contributed by atoms with van der Waals surface area (Å²) in [5, 5.41) is 20.7. The first-order valence-electron chi connectivity index (χ1n) is 9.80. The van der Waals surface area contributed by atoms with E-state index in [1.807, 2.05) is 0 Å². The fourth-order valence-corrected chi connectivity index (χ4v) is 4.71. The Hall–Kier alpha value is -3.69. The summed E-state index contributed by atoms with van der Waals surface area (Å²) >= 11 is 0. The minimum atomic E-state index is -3.96. The van der Waals surface area contributed by atoms with Crippen molar-refractivity contribution in [1.82, 2.24) is 0 Å². The lowest BCUT2D eigenvalue weighted by Gasteiger charge is -2.30. The van der Waals surface area contributed by atoms with Crippen molar-refractivity contribution in [2.45, 2.75) is 24.2 Å². The Morgan fingerprint density at radius 3 is 2.48 bits per heavy atom. The van der Waals surface area contributed by atoms with Gasteiger partial charge in [-0.2, -0.15) is 10.5 Å². The first-order chi connectivity index (χ1) is 15.0. The summed E-state index contributed by atoms with van der Waals surface area (Å²) in [4.78, 5) is 2.17. The first kappa shape index (κ1) is 22.0. The van der Waals surface area contributed by atoms with E-state index in [4.69, 9.17) is 15.3 Å². The summed E-state index contributed by atoms with van der Waals surface area (Å²) in [6, 6.07) is 15.3. The number of piperidine rings is 1. The molecule has 0 atom stereocenters. The Labute approximate surface area is 182 Å². The Morgan fingerprint density at radius 2 is 1.81 bits per heavy atom. The van der Waals surface area contributed by atoms with Crippen LogP contribution >= 0.6 is 0 Å². The van der Waals surface area contributed by atoms with Gasteiger partial charge in [0.15, 0.2) is 0 Å². The molecule has 1 heterocycles. The van der Waals surface area contributed by atoms with E-state index in [1.54, 1.807) is 48.5 Å². The molecule has 0 saturated carbocycles. The van der Waals surface area contributed by atoms with Crippen LogP contribution in [0.3, 0.4) is 0 Å². The Bertz CT molecular complexity index is 1140. The van der Waals surface area contributed by atoms with Gasteiger partial charge in [-0.15, -0.1) is 0 Å². The first-order valence-corrected chi connectivity index (χ1v) is 11.3. The number of methoxy groups -OCH3 is 1. The van der Waals surface area contributed by atoms with Crippen LogP contribution in [-0.4, -0.2) is 28.6 Å². The number of sulfonamides is 1. The predicted molar refractivity (Wildman–Crippen MR) is 119 cm³/mol. The van der Waals surface area contributed by atoms with Crippen LogP contribution in [0, 0.1) is 22.7 Å². The van der Waals surface area contributed by atoms with E-state index in [2.05, 4.69) is 14.9 Å². The molecule has 0 aliphatic carbocycles. The highest BCUT2D eigenvalue weighted by Crippen LogP contribution is 2.33. The molecule has 0 spiro atoms. The van der Waals surface area contributed by atoms with Crippen LogP contribution in [0.1, 0.15) is 19.3 Å². The Kier molecular flexibility index (Phi) is 7.01. The van der Waals surface area contributed by atoms with Crippen LogP contribution in [0.5, 0.6) is 5.75 Å². The highest BCUT2D eigenvalue weighted by Gasteiger charge is 2.25. The molecule has 1 saturated heterocycles. The maximum absolute atomic E-state index is 13.4. The standard InChI is InChI=1S/C22H23N5O3S/c1-30-21-8-4-3-7-19(21)26-31(28,29)22-13-18(25-16-17(14-23)15-24)9-10-20(22)27-11-5-2-6-12-27/h3-4,7-10,13,16,25-26H,2,5-6,11-12H2,1H3. The average molecular weight is 438 g/mol. The fraction of sp³-hybridized carbons (Fsp3) is 0.273. The monoisotopic (exact) mass is 437 g/mol. The van der Waals surface area contributed by atoms with E-state index in [0.29, 0.717) is 22.8 Å². The fourth-order valence-electron chi connectivity index (χ4n) is 3.39. The molecule has 160 valence electrons. The van der Waals surface area contributed by atoms with Gasteiger partial charge in [0.2, 0.25) is 0 Å². The molecule has 1 aliphatic rings. The van der Waals surface area contributed by atoms with Crippen molar-refractivity contribution in [2.75, 3.05) is 35.1 Å². The largest absolute Gasteiger partial charge is 0.495 e. The number of rotatable bonds is 7. The van der Waals surface area contributed by atoms with E-state index < -0.39 is 10.0 Å². The smallest absolute Gasteiger partial charge is 0.264 e. The number of nitrogens with zero attached hydrogens (tertiary/aromatic N) is 3. The molecule has 0 aromatic heterocycles. The summed E-state index contributed by atoms with van der Waals surface area (Å²) in [5.74, 6) is 0.412. The molecule has 0 radical (unpaired) electrons. The minimum Gasteiger partial charge on any atom is -0.495 e. The molecule has 0 amide bonds. The van der Waals surface area contributed by atoms with Gasteiger partial charge in [-0.1, -0.05) is 12.1 Å². The van der Waals surface area contributed by atoms with Gasteiger partial charge in [0.1, 0.15) is 28.4 Å². The van der Waals surface area contributed by atoms with Gasteiger partial charge < -0.3 is 15.0 Å². The Morgan fingerprint density at radius 1 is 1.10 bits per heavy atom. The minimum absolute atomic E-state index is 0.106. The molecule has 2 N–H and O–H groups in total. The second-order valence-corrected chi connectivity index (χ2v) is 8.61. The molecule has 1 fully saturated rings. The van der Waals surface area contributed by atoms with Crippen molar-refractivity contribution in [3.05, 3.63) is 54.2 Å². The Balaban J connectivity index is 2.03. The number of hydrogen-bond acceptors (Lipinski definition) is 7. The van der Waals surface area contributed by atoms with E-state index >= 15 is 0 Å². The molecular weight excluding hydrogens is 414 g/mol. The third-order valence-electron chi connectivity index (χ3n) is 4.92.